The third-order valence-electron chi connectivity index (χ3n) is 4.63. The van der Waals surface area contributed by atoms with E-state index in [9.17, 15) is 13.2 Å². The van der Waals surface area contributed by atoms with Gasteiger partial charge in [-0.1, -0.05) is 19.1 Å². The monoisotopic (exact) mass is 426 g/mol. The van der Waals surface area contributed by atoms with Gasteiger partial charge in [-0.3, -0.25) is 0 Å². The Morgan fingerprint density at radius 2 is 1.87 bits per heavy atom. The average Bonchev–Trinajstić information content (AvgIpc) is 2.66. The number of benzene rings is 1. The lowest BCUT2D eigenvalue weighted by atomic mass is 10.1. The Hall–Kier alpha value is -2.61. The number of hydrogen-bond donors (Lipinski definition) is 1. The van der Waals surface area contributed by atoms with Crippen LogP contribution in [0.15, 0.2) is 60.4 Å². The summed E-state index contributed by atoms with van der Waals surface area (Å²) in [5.74, 6) is 1.47. The largest absolute Gasteiger partial charge is 0.572 e. The van der Waals surface area contributed by atoms with Gasteiger partial charge in [0.2, 0.25) is 0 Å². The summed E-state index contributed by atoms with van der Waals surface area (Å²) in [7, 11) is 1.96. The van der Waals surface area contributed by atoms with Gasteiger partial charge in [-0.15, -0.1) is 13.2 Å². The van der Waals surface area contributed by atoms with Gasteiger partial charge in [0.15, 0.2) is 5.88 Å². The molecule has 0 bridgehead atoms. The second kappa shape index (κ2) is 10.4. The van der Waals surface area contributed by atoms with Crippen molar-refractivity contribution in [2.45, 2.75) is 52.2 Å². The van der Waals surface area contributed by atoms with Crippen LogP contribution in [-0.4, -0.2) is 37.0 Å². The summed E-state index contributed by atoms with van der Waals surface area (Å²) in [5, 5.41) is 3.53. The predicted octanol–water partition coefficient (Wildman–Crippen LogP) is 5.08. The van der Waals surface area contributed by atoms with E-state index in [-0.39, 0.29) is 17.9 Å². The zero-order chi connectivity index (χ0) is 22.3. The van der Waals surface area contributed by atoms with E-state index in [0.717, 1.165) is 18.5 Å². The van der Waals surface area contributed by atoms with Gasteiger partial charge in [-0.25, -0.2) is 0 Å². The van der Waals surface area contributed by atoms with Gasteiger partial charge < -0.3 is 24.4 Å². The van der Waals surface area contributed by atoms with Crippen molar-refractivity contribution in [1.82, 2.24) is 10.2 Å². The summed E-state index contributed by atoms with van der Waals surface area (Å²) in [6, 6.07) is 7.72. The Bertz CT molecular complexity index is 773. The normalized spacial score (nSPS) is 20.8. The Balaban J connectivity index is 1.88. The zero-order valence-electron chi connectivity index (χ0n) is 17.8. The fourth-order valence-electron chi connectivity index (χ4n) is 3.02. The molecule has 1 aliphatic heterocycles. The molecule has 0 aliphatic carbocycles. The lowest BCUT2D eigenvalue weighted by molar-refractivity contribution is -0.305. The highest BCUT2D eigenvalue weighted by Crippen LogP contribution is 2.22. The van der Waals surface area contributed by atoms with Crippen LogP contribution in [0.3, 0.4) is 0 Å². The molecule has 8 heteroatoms. The molecule has 2 rings (SSSR count). The first-order chi connectivity index (χ1) is 14.1. The van der Waals surface area contributed by atoms with E-state index < -0.39 is 6.36 Å². The summed E-state index contributed by atoms with van der Waals surface area (Å²) in [4.78, 5) is 1.99. The molecule has 0 saturated carbocycles. The molecule has 1 fully saturated rings. The van der Waals surface area contributed by atoms with Crippen molar-refractivity contribution in [3.8, 4) is 5.75 Å². The summed E-state index contributed by atoms with van der Waals surface area (Å²) in [5.41, 5.74) is 1.08. The molecule has 1 saturated heterocycles. The van der Waals surface area contributed by atoms with E-state index in [1.54, 1.807) is 6.92 Å². The third-order valence-corrected chi connectivity index (χ3v) is 4.63. The number of nitrogens with one attached hydrogen (secondary N) is 1. The van der Waals surface area contributed by atoms with E-state index in [0.29, 0.717) is 23.9 Å². The van der Waals surface area contributed by atoms with Crippen molar-refractivity contribution in [3.63, 3.8) is 0 Å². The minimum Gasteiger partial charge on any atom is -0.475 e. The van der Waals surface area contributed by atoms with Crippen LogP contribution in [0.5, 0.6) is 5.75 Å². The summed E-state index contributed by atoms with van der Waals surface area (Å²) in [6.07, 6.45) is -1.08. The highest BCUT2D eigenvalue weighted by Gasteiger charge is 2.31. The molecule has 1 aromatic rings. The molecule has 5 nitrogen and oxygen atoms in total. The molecule has 2 atom stereocenters. The summed E-state index contributed by atoms with van der Waals surface area (Å²) in [6.45, 7) is 10.4. The first-order valence-electron chi connectivity index (χ1n) is 9.75. The van der Waals surface area contributed by atoms with Gasteiger partial charge in [-0.2, -0.15) is 0 Å². The third kappa shape index (κ3) is 7.67. The molecule has 1 N–H and O–H groups in total. The fourth-order valence-corrected chi connectivity index (χ4v) is 3.02. The minimum atomic E-state index is -4.70. The molecule has 30 heavy (non-hydrogen) atoms. The smallest absolute Gasteiger partial charge is 0.475 e. The van der Waals surface area contributed by atoms with Crippen LogP contribution in [0.25, 0.3) is 0 Å². The first kappa shape index (κ1) is 23.7. The Morgan fingerprint density at radius 3 is 2.47 bits per heavy atom. The summed E-state index contributed by atoms with van der Waals surface area (Å²) < 4.78 is 51.7. The molecule has 1 heterocycles. The van der Waals surface area contributed by atoms with E-state index in [1.165, 1.54) is 19.1 Å². The van der Waals surface area contributed by atoms with Crippen molar-refractivity contribution >= 4 is 0 Å². The predicted molar refractivity (Wildman–Crippen MR) is 109 cm³/mol. The fraction of sp³-hybridized carbons (Fsp3) is 0.455. The molecular formula is C22H29F3N2O3. The summed E-state index contributed by atoms with van der Waals surface area (Å²) >= 11 is 0. The lowest BCUT2D eigenvalue weighted by Gasteiger charge is -2.39. The van der Waals surface area contributed by atoms with Crippen LogP contribution in [0.4, 0.5) is 13.2 Å². The quantitative estimate of drug-likeness (QED) is 0.464. The van der Waals surface area contributed by atoms with Gasteiger partial charge >= 0.3 is 6.36 Å². The number of halogens is 3. The number of likely N-dealkylation sites (N-methyl/N-ethyl adjacent to an activating group) is 1. The molecule has 0 aromatic heterocycles. The van der Waals surface area contributed by atoms with Crippen molar-refractivity contribution < 1.29 is 27.4 Å². The van der Waals surface area contributed by atoms with Gasteiger partial charge in [-0.05, 0) is 56.7 Å². The van der Waals surface area contributed by atoms with Crippen molar-refractivity contribution in [1.29, 1.82) is 0 Å². The van der Waals surface area contributed by atoms with Crippen LogP contribution in [0, 0.1) is 0 Å². The maximum Gasteiger partial charge on any atom is 0.572 e. The minimum absolute atomic E-state index is 0.0851. The number of ether oxygens (including phenoxy) is 3. The van der Waals surface area contributed by atoms with Crippen LogP contribution < -0.4 is 10.1 Å². The SMILES string of the molecule is C=C1O[C@@H](CC)C(NCc2ccc(O/C(C)=C/C=C(\C)OC(F)(F)F)cc2)CN1C. The Morgan fingerprint density at radius 1 is 1.23 bits per heavy atom. The van der Waals surface area contributed by atoms with Gasteiger partial charge in [0.1, 0.15) is 23.4 Å². The van der Waals surface area contributed by atoms with Crippen LogP contribution >= 0.6 is 0 Å². The van der Waals surface area contributed by atoms with Crippen molar-refractivity contribution in [3.05, 3.63) is 66.0 Å². The molecule has 0 radical (unpaired) electrons. The number of allylic oxidation sites excluding steroid dienone is 4. The van der Waals surface area contributed by atoms with E-state index in [2.05, 4.69) is 23.6 Å². The molecule has 1 aliphatic rings. The van der Waals surface area contributed by atoms with Crippen molar-refractivity contribution in [2.75, 3.05) is 13.6 Å². The molecule has 1 aromatic carbocycles. The number of hydrogen-bond acceptors (Lipinski definition) is 5. The van der Waals surface area contributed by atoms with Crippen LogP contribution in [-0.2, 0) is 16.0 Å². The number of nitrogens with zero attached hydrogens (tertiary/aromatic N) is 1. The van der Waals surface area contributed by atoms with Gasteiger partial charge in [0, 0.05) is 20.1 Å². The Kier molecular flexibility index (Phi) is 8.23. The van der Waals surface area contributed by atoms with E-state index in [4.69, 9.17) is 9.47 Å². The molecular weight excluding hydrogens is 397 g/mol. The van der Waals surface area contributed by atoms with Crippen molar-refractivity contribution in [2.24, 2.45) is 0 Å². The topological polar surface area (TPSA) is 43.0 Å². The zero-order valence-corrected chi connectivity index (χ0v) is 17.8. The lowest BCUT2D eigenvalue weighted by Crippen LogP contribution is -2.52. The van der Waals surface area contributed by atoms with Crippen LogP contribution in [0.2, 0.25) is 0 Å². The second-order valence-electron chi connectivity index (χ2n) is 7.17. The maximum atomic E-state index is 12.1. The highest BCUT2D eigenvalue weighted by atomic mass is 19.4. The number of alkyl halides is 3. The number of rotatable bonds is 8. The van der Waals surface area contributed by atoms with Gasteiger partial charge in [0.25, 0.3) is 0 Å². The molecule has 0 amide bonds. The standard InChI is InChI=1S/C22H29F3N2O3/c1-6-21-20(14-27(5)17(4)29-21)26-13-18-9-11-19(12-10-18)28-15(2)7-8-16(3)30-22(23,24)25/h7-12,20-21,26H,4,6,13-14H2,1-3,5H3/b15-7+,16-8+/t20?,21-/m0/s1. The molecule has 0 spiro atoms. The maximum absolute atomic E-state index is 12.1. The first-order valence-corrected chi connectivity index (χ1v) is 9.75. The van der Waals surface area contributed by atoms with E-state index >= 15 is 0 Å². The van der Waals surface area contributed by atoms with Crippen LogP contribution in [0.1, 0.15) is 32.8 Å². The average molecular weight is 426 g/mol. The van der Waals surface area contributed by atoms with Gasteiger partial charge in [0.05, 0.1) is 6.04 Å². The highest BCUT2D eigenvalue weighted by molar-refractivity contribution is 5.29. The second-order valence-corrected chi connectivity index (χ2v) is 7.17. The molecule has 166 valence electrons. The molecule has 1 unspecified atom stereocenters. The Labute approximate surface area is 175 Å². The van der Waals surface area contributed by atoms with E-state index in [1.807, 2.05) is 36.2 Å².